The molecule has 0 saturated carbocycles. The van der Waals surface area contributed by atoms with Gasteiger partial charge in [-0.1, -0.05) is 6.58 Å². The molecule has 0 aromatic carbocycles. The van der Waals surface area contributed by atoms with E-state index in [2.05, 4.69) is 17.9 Å². The van der Waals surface area contributed by atoms with Crippen molar-refractivity contribution >= 4 is 16.2 Å². The summed E-state index contributed by atoms with van der Waals surface area (Å²) < 4.78 is 4.17. The van der Waals surface area contributed by atoms with Gasteiger partial charge in [0.05, 0.1) is 6.26 Å². The zero-order valence-electron chi connectivity index (χ0n) is 5.89. The van der Waals surface area contributed by atoms with Crippen molar-refractivity contribution in [1.82, 2.24) is 0 Å². The molecule has 0 amide bonds. The molecule has 9 heavy (non-hydrogen) atoms. The highest BCUT2D eigenvalue weighted by molar-refractivity contribution is 6.16. The van der Waals surface area contributed by atoms with Crippen LogP contribution in [0.3, 0.4) is 0 Å². The van der Waals surface area contributed by atoms with Crippen molar-refractivity contribution in [2.24, 2.45) is 0 Å². The Kier molecular flexibility index (Phi) is 12.5. The molecule has 3 heteroatoms. The molecule has 0 aliphatic carbocycles. The lowest BCUT2D eigenvalue weighted by Gasteiger charge is -1.83. The average Bonchev–Trinajstić information content (AvgIpc) is 1.67. The van der Waals surface area contributed by atoms with E-state index in [0.29, 0.717) is 0 Å². The van der Waals surface area contributed by atoms with E-state index >= 15 is 0 Å². The standard InChI is InChI=1S/C4H6O2.C2H6Si/c1-3-6-4(2)5;1-2-3/h3H,1H2,2H3;2H,1H2,3H3. The van der Waals surface area contributed by atoms with Gasteiger partial charge in [0.15, 0.2) is 0 Å². The van der Waals surface area contributed by atoms with E-state index < -0.39 is 0 Å². The highest BCUT2D eigenvalue weighted by Gasteiger charge is 1.79. The number of carbonyl (C=O) groups is 1. The van der Waals surface area contributed by atoms with E-state index in [1.807, 2.05) is 5.70 Å². The molecule has 0 aliphatic heterocycles. The predicted octanol–water partition coefficient (Wildman–Crippen LogP) is 0.188. The van der Waals surface area contributed by atoms with Gasteiger partial charge in [-0.3, -0.25) is 4.79 Å². The van der Waals surface area contributed by atoms with Crippen LogP contribution in [0, 0.1) is 0 Å². The number of hydrogen-bond donors (Lipinski definition) is 0. The Balaban J connectivity index is 0. The molecule has 0 spiro atoms. The summed E-state index contributed by atoms with van der Waals surface area (Å²) in [5, 5.41) is 0. The summed E-state index contributed by atoms with van der Waals surface area (Å²) in [6.45, 7) is 7.90. The largest absolute Gasteiger partial charge is 0.435 e. The van der Waals surface area contributed by atoms with Crippen LogP contribution >= 0.6 is 0 Å². The molecule has 0 rings (SSSR count). The first-order chi connectivity index (χ1) is 4.18. The monoisotopic (exact) mass is 144 g/mol. The molecule has 0 aromatic heterocycles. The number of ether oxygens (including phenoxy) is 1. The normalized spacial score (nSPS) is 6.33. The van der Waals surface area contributed by atoms with Crippen molar-refractivity contribution in [2.45, 2.75) is 6.92 Å². The van der Waals surface area contributed by atoms with E-state index in [-0.39, 0.29) is 5.97 Å². The number of carbonyl (C=O) groups excluding carboxylic acids is 1. The van der Waals surface area contributed by atoms with Gasteiger partial charge in [0, 0.05) is 17.2 Å². The second-order valence-electron chi connectivity index (χ2n) is 1.18. The van der Waals surface area contributed by atoms with Crippen LogP contribution in [-0.2, 0) is 9.53 Å². The second-order valence-corrected chi connectivity index (χ2v) is 2.00. The van der Waals surface area contributed by atoms with Gasteiger partial charge in [0.25, 0.3) is 0 Å². The molecule has 0 aromatic rings. The number of hydrogen-bond acceptors (Lipinski definition) is 2. The van der Waals surface area contributed by atoms with Crippen LogP contribution in [0.25, 0.3) is 0 Å². The Hall–Kier alpha value is -0.833. The Labute approximate surface area is 58.6 Å². The molecular formula is C6H12O2Si. The van der Waals surface area contributed by atoms with E-state index in [0.717, 1.165) is 16.5 Å². The minimum atomic E-state index is -0.329. The lowest BCUT2D eigenvalue weighted by atomic mass is 10.8. The summed E-state index contributed by atoms with van der Waals surface area (Å²) in [6.07, 6.45) is 1.10. The molecule has 0 N–H and O–H groups in total. The van der Waals surface area contributed by atoms with Crippen molar-refractivity contribution in [1.29, 1.82) is 0 Å². The SMILES string of the molecule is C=COC(C)=O.C=C[SiH3]. The quantitative estimate of drug-likeness (QED) is 0.298. The van der Waals surface area contributed by atoms with Gasteiger partial charge in [-0.05, 0) is 0 Å². The maximum atomic E-state index is 9.75. The number of rotatable bonds is 1. The van der Waals surface area contributed by atoms with Crippen LogP contribution < -0.4 is 0 Å². The third-order valence-electron chi connectivity index (χ3n) is 0.249. The molecule has 2 nitrogen and oxygen atoms in total. The lowest BCUT2D eigenvalue weighted by Crippen LogP contribution is -1.87. The Morgan fingerprint density at radius 3 is 2.00 bits per heavy atom. The summed E-state index contributed by atoms with van der Waals surface area (Å²) >= 11 is 0. The summed E-state index contributed by atoms with van der Waals surface area (Å²) in [5.74, 6) is -0.329. The molecule has 0 heterocycles. The van der Waals surface area contributed by atoms with Crippen LogP contribution in [-0.4, -0.2) is 16.2 Å². The summed E-state index contributed by atoms with van der Waals surface area (Å²) in [5.41, 5.74) is 1.89. The summed E-state index contributed by atoms with van der Waals surface area (Å²) in [6, 6.07) is 0. The first-order valence-corrected chi connectivity index (χ1v) is 3.69. The van der Waals surface area contributed by atoms with Crippen LogP contribution in [0.5, 0.6) is 0 Å². The van der Waals surface area contributed by atoms with Crippen LogP contribution in [0.1, 0.15) is 6.92 Å². The highest BCUT2D eigenvalue weighted by atomic mass is 28.1. The Bertz CT molecular complexity index is 99.2. The zero-order valence-corrected chi connectivity index (χ0v) is 7.89. The van der Waals surface area contributed by atoms with Gasteiger partial charge < -0.3 is 4.74 Å². The zero-order chi connectivity index (χ0) is 7.70. The van der Waals surface area contributed by atoms with Crippen molar-refractivity contribution in [3.8, 4) is 0 Å². The summed E-state index contributed by atoms with van der Waals surface area (Å²) in [7, 11) is 1.13. The third-order valence-corrected chi connectivity index (χ3v) is 0.249. The van der Waals surface area contributed by atoms with Crippen molar-refractivity contribution < 1.29 is 9.53 Å². The van der Waals surface area contributed by atoms with Gasteiger partial charge in [-0.2, -0.15) is 0 Å². The maximum absolute atomic E-state index is 9.75. The molecule has 0 saturated heterocycles. The molecule has 0 atom stereocenters. The lowest BCUT2D eigenvalue weighted by molar-refractivity contribution is -0.135. The smallest absolute Gasteiger partial charge is 0.307 e. The van der Waals surface area contributed by atoms with E-state index in [4.69, 9.17) is 0 Å². The highest BCUT2D eigenvalue weighted by Crippen LogP contribution is 1.70. The fourth-order valence-electron chi connectivity index (χ4n) is 0.117. The van der Waals surface area contributed by atoms with Gasteiger partial charge in [-0.25, -0.2) is 0 Å². The maximum Gasteiger partial charge on any atom is 0.307 e. The first-order valence-electron chi connectivity index (χ1n) is 2.54. The second kappa shape index (κ2) is 10.2. The molecule has 0 bridgehead atoms. The molecular weight excluding hydrogens is 132 g/mol. The van der Waals surface area contributed by atoms with Gasteiger partial charge >= 0.3 is 5.97 Å². The van der Waals surface area contributed by atoms with Crippen LogP contribution in [0.4, 0.5) is 0 Å². The molecule has 0 unspecified atom stereocenters. The Morgan fingerprint density at radius 1 is 1.67 bits per heavy atom. The molecule has 0 radical (unpaired) electrons. The number of esters is 1. The minimum absolute atomic E-state index is 0.329. The van der Waals surface area contributed by atoms with E-state index in [1.165, 1.54) is 6.92 Å². The van der Waals surface area contributed by atoms with Gasteiger partial charge in [0.1, 0.15) is 0 Å². The van der Waals surface area contributed by atoms with Gasteiger partial charge in [0.2, 0.25) is 0 Å². The Morgan fingerprint density at radius 2 is 2.00 bits per heavy atom. The predicted molar refractivity (Wildman–Crippen MR) is 42.1 cm³/mol. The van der Waals surface area contributed by atoms with Crippen molar-refractivity contribution in [2.75, 3.05) is 0 Å². The molecule has 0 aliphatic rings. The van der Waals surface area contributed by atoms with Gasteiger partial charge in [-0.15, -0.1) is 12.3 Å². The van der Waals surface area contributed by atoms with E-state index in [1.54, 1.807) is 0 Å². The van der Waals surface area contributed by atoms with Crippen LogP contribution in [0.2, 0.25) is 0 Å². The molecule has 52 valence electrons. The fourth-order valence-corrected chi connectivity index (χ4v) is 0.117. The fraction of sp³-hybridized carbons (Fsp3) is 0.167. The van der Waals surface area contributed by atoms with Crippen molar-refractivity contribution in [3.05, 3.63) is 25.1 Å². The topological polar surface area (TPSA) is 26.3 Å². The molecule has 0 fully saturated rings. The average molecular weight is 144 g/mol. The van der Waals surface area contributed by atoms with Crippen LogP contribution in [0.15, 0.2) is 25.1 Å². The third kappa shape index (κ3) is 40.7. The van der Waals surface area contributed by atoms with Crippen molar-refractivity contribution in [3.63, 3.8) is 0 Å². The summed E-state index contributed by atoms with van der Waals surface area (Å²) in [4.78, 5) is 9.75. The van der Waals surface area contributed by atoms with E-state index in [9.17, 15) is 4.79 Å². The minimum Gasteiger partial charge on any atom is -0.435 e. The first kappa shape index (κ1) is 11.0.